The van der Waals surface area contributed by atoms with Gasteiger partial charge in [0.1, 0.15) is 6.04 Å². The van der Waals surface area contributed by atoms with Gasteiger partial charge in [0.2, 0.25) is 5.91 Å². The lowest BCUT2D eigenvalue weighted by Crippen LogP contribution is -2.33. The molecule has 0 saturated carbocycles. The van der Waals surface area contributed by atoms with Gasteiger partial charge in [-0.1, -0.05) is 32.0 Å². The number of benzene rings is 1. The van der Waals surface area contributed by atoms with E-state index in [0.717, 1.165) is 16.2 Å². The molecule has 1 aromatic heterocycles. The van der Waals surface area contributed by atoms with Crippen molar-refractivity contribution in [3.63, 3.8) is 0 Å². The molecule has 1 aliphatic rings. The molecule has 1 aliphatic heterocycles. The van der Waals surface area contributed by atoms with Crippen LogP contribution in [-0.4, -0.2) is 35.4 Å². The molecule has 3 rings (SSSR count). The van der Waals surface area contributed by atoms with Crippen molar-refractivity contribution in [1.82, 2.24) is 15.6 Å². The van der Waals surface area contributed by atoms with Crippen LogP contribution in [0.4, 0.5) is 10.5 Å². The summed E-state index contributed by atoms with van der Waals surface area (Å²) in [5.41, 5.74) is 2.59. The Hall–Kier alpha value is -3.22. The number of imide groups is 1. The fourth-order valence-electron chi connectivity index (χ4n) is 3.22. The van der Waals surface area contributed by atoms with Gasteiger partial charge in [0, 0.05) is 31.3 Å². The molecule has 7 heteroatoms. The number of hydrogen-bond donors (Lipinski definition) is 2. The minimum atomic E-state index is -0.686. The van der Waals surface area contributed by atoms with Gasteiger partial charge in [-0.15, -0.1) is 0 Å². The maximum atomic E-state index is 12.6. The molecule has 152 valence electrons. The Morgan fingerprint density at radius 2 is 1.93 bits per heavy atom. The normalized spacial score (nSPS) is 16.2. The first-order valence-electron chi connectivity index (χ1n) is 9.86. The zero-order valence-electron chi connectivity index (χ0n) is 16.7. The van der Waals surface area contributed by atoms with Gasteiger partial charge in [-0.3, -0.25) is 14.6 Å². The summed E-state index contributed by atoms with van der Waals surface area (Å²) in [7, 11) is 0. The zero-order chi connectivity index (χ0) is 20.8. The van der Waals surface area contributed by atoms with Gasteiger partial charge in [-0.2, -0.15) is 0 Å². The second kappa shape index (κ2) is 9.32. The molecule has 29 heavy (non-hydrogen) atoms. The highest BCUT2D eigenvalue weighted by Crippen LogP contribution is 2.24. The van der Waals surface area contributed by atoms with Crippen molar-refractivity contribution in [2.75, 3.05) is 11.4 Å². The Balaban J connectivity index is 1.48. The lowest BCUT2D eigenvalue weighted by molar-refractivity contribution is -0.121. The minimum Gasteiger partial charge on any atom is -0.356 e. The molecule has 1 unspecified atom stereocenters. The molecule has 0 aliphatic carbocycles. The highest BCUT2D eigenvalue weighted by atomic mass is 16.2. The maximum Gasteiger partial charge on any atom is 0.329 e. The lowest BCUT2D eigenvalue weighted by atomic mass is 10.0. The fourth-order valence-corrected chi connectivity index (χ4v) is 3.22. The number of pyridine rings is 1. The zero-order valence-corrected chi connectivity index (χ0v) is 16.7. The standard InChI is InChI=1S/C22H26N4O3/c1-15(2)16-6-8-18(9-7-16)26-21(28)19(25-22(26)29)10-11-20(27)24-14-12-17-5-3-4-13-23-17/h3-9,13,15,19H,10-12,14H2,1-2H3,(H,24,27)(H,25,29). The Labute approximate surface area is 170 Å². The quantitative estimate of drug-likeness (QED) is 0.674. The van der Waals surface area contributed by atoms with Gasteiger partial charge in [-0.25, -0.2) is 9.69 Å². The van der Waals surface area contributed by atoms with Crippen LogP contribution in [0.1, 0.15) is 43.9 Å². The smallest absolute Gasteiger partial charge is 0.329 e. The maximum absolute atomic E-state index is 12.6. The molecule has 1 atom stereocenters. The number of amides is 4. The molecule has 2 N–H and O–H groups in total. The van der Waals surface area contributed by atoms with Crippen LogP contribution in [0.5, 0.6) is 0 Å². The van der Waals surface area contributed by atoms with E-state index < -0.39 is 12.1 Å². The number of carbonyl (C=O) groups excluding carboxylic acids is 3. The Morgan fingerprint density at radius 1 is 1.17 bits per heavy atom. The first-order valence-corrected chi connectivity index (χ1v) is 9.86. The summed E-state index contributed by atoms with van der Waals surface area (Å²) >= 11 is 0. The van der Waals surface area contributed by atoms with E-state index >= 15 is 0 Å². The van der Waals surface area contributed by atoms with Crippen LogP contribution < -0.4 is 15.5 Å². The minimum absolute atomic E-state index is 0.150. The molecule has 2 aromatic rings. The number of carbonyl (C=O) groups is 3. The van der Waals surface area contributed by atoms with E-state index in [0.29, 0.717) is 24.6 Å². The predicted molar refractivity (Wildman–Crippen MR) is 111 cm³/mol. The number of nitrogens with zero attached hydrogens (tertiary/aromatic N) is 2. The molecule has 1 saturated heterocycles. The molecule has 1 aromatic carbocycles. The third-order valence-corrected chi connectivity index (χ3v) is 4.93. The number of hydrogen-bond acceptors (Lipinski definition) is 4. The molecule has 1 fully saturated rings. The summed E-state index contributed by atoms with van der Waals surface area (Å²) < 4.78 is 0. The summed E-state index contributed by atoms with van der Waals surface area (Å²) in [5.74, 6) is -0.104. The van der Waals surface area contributed by atoms with Gasteiger partial charge in [0.05, 0.1) is 5.69 Å². The molecule has 2 heterocycles. The van der Waals surface area contributed by atoms with Gasteiger partial charge >= 0.3 is 6.03 Å². The summed E-state index contributed by atoms with van der Waals surface area (Å²) in [5, 5.41) is 5.50. The molecule has 4 amide bonds. The summed E-state index contributed by atoms with van der Waals surface area (Å²) in [6.45, 7) is 4.65. The van der Waals surface area contributed by atoms with Crippen LogP contribution in [0.15, 0.2) is 48.7 Å². The van der Waals surface area contributed by atoms with Gasteiger partial charge in [0.15, 0.2) is 0 Å². The van der Waals surface area contributed by atoms with Crippen LogP contribution in [0.2, 0.25) is 0 Å². The number of aromatic nitrogens is 1. The SMILES string of the molecule is CC(C)c1ccc(N2C(=O)NC(CCC(=O)NCCc3ccccn3)C2=O)cc1. The third-order valence-electron chi connectivity index (χ3n) is 4.93. The van der Waals surface area contributed by atoms with E-state index in [2.05, 4.69) is 29.5 Å². The molecule has 0 radical (unpaired) electrons. The van der Waals surface area contributed by atoms with Crippen molar-refractivity contribution in [3.05, 3.63) is 59.9 Å². The van der Waals surface area contributed by atoms with Gasteiger partial charge in [0.25, 0.3) is 5.91 Å². The Kier molecular flexibility index (Phi) is 6.59. The van der Waals surface area contributed by atoms with Crippen molar-refractivity contribution < 1.29 is 14.4 Å². The van der Waals surface area contributed by atoms with Crippen LogP contribution >= 0.6 is 0 Å². The summed E-state index contributed by atoms with van der Waals surface area (Å²) in [4.78, 5) is 42.3. The monoisotopic (exact) mass is 394 g/mol. The highest BCUT2D eigenvalue weighted by Gasteiger charge is 2.38. The first-order chi connectivity index (χ1) is 14.0. The topological polar surface area (TPSA) is 91.4 Å². The van der Waals surface area contributed by atoms with Crippen molar-refractivity contribution in [2.45, 2.75) is 45.1 Å². The van der Waals surface area contributed by atoms with Crippen LogP contribution in [-0.2, 0) is 16.0 Å². The number of nitrogens with one attached hydrogen (secondary N) is 2. The summed E-state index contributed by atoms with van der Waals surface area (Å²) in [6.07, 6.45) is 2.79. The third kappa shape index (κ3) is 5.19. The van der Waals surface area contributed by atoms with E-state index in [9.17, 15) is 14.4 Å². The van der Waals surface area contributed by atoms with E-state index in [1.54, 1.807) is 18.3 Å². The van der Waals surface area contributed by atoms with Gasteiger partial charge < -0.3 is 10.6 Å². The average Bonchev–Trinajstić information content (AvgIpc) is 3.00. The molecule has 7 nitrogen and oxygen atoms in total. The predicted octanol–water partition coefficient (Wildman–Crippen LogP) is 2.77. The second-order valence-corrected chi connectivity index (χ2v) is 7.38. The molecule has 0 bridgehead atoms. The Morgan fingerprint density at radius 3 is 2.59 bits per heavy atom. The largest absolute Gasteiger partial charge is 0.356 e. The number of urea groups is 1. The van der Waals surface area contributed by atoms with Crippen LogP contribution in [0, 0.1) is 0 Å². The average molecular weight is 394 g/mol. The van der Waals surface area contributed by atoms with Crippen LogP contribution in [0.25, 0.3) is 0 Å². The van der Waals surface area contributed by atoms with Crippen molar-refractivity contribution in [2.24, 2.45) is 0 Å². The molecular formula is C22H26N4O3. The lowest BCUT2D eigenvalue weighted by Gasteiger charge is -2.14. The van der Waals surface area contributed by atoms with E-state index in [1.165, 1.54) is 0 Å². The number of rotatable bonds is 8. The van der Waals surface area contributed by atoms with E-state index in [-0.39, 0.29) is 24.7 Å². The van der Waals surface area contributed by atoms with Crippen molar-refractivity contribution >= 4 is 23.5 Å². The summed E-state index contributed by atoms with van der Waals surface area (Å²) in [6, 6.07) is 11.9. The van der Waals surface area contributed by atoms with Crippen LogP contribution in [0.3, 0.4) is 0 Å². The second-order valence-electron chi connectivity index (χ2n) is 7.38. The van der Waals surface area contributed by atoms with Gasteiger partial charge in [-0.05, 0) is 42.2 Å². The molecule has 0 spiro atoms. The van der Waals surface area contributed by atoms with E-state index in [4.69, 9.17) is 0 Å². The van der Waals surface area contributed by atoms with Crippen molar-refractivity contribution in [1.29, 1.82) is 0 Å². The number of anilines is 1. The fraction of sp³-hybridized carbons (Fsp3) is 0.364. The van der Waals surface area contributed by atoms with Crippen molar-refractivity contribution in [3.8, 4) is 0 Å². The Bertz CT molecular complexity index is 865. The molecular weight excluding hydrogens is 368 g/mol. The van der Waals surface area contributed by atoms with E-state index in [1.807, 2.05) is 30.3 Å². The highest BCUT2D eigenvalue weighted by molar-refractivity contribution is 6.21. The first kappa shape index (κ1) is 20.5.